The van der Waals surface area contributed by atoms with Crippen LogP contribution in [0.1, 0.15) is 43.0 Å². The second-order valence-electron chi connectivity index (χ2n) is 9.08. The lowest BCUT2D eigenvalue weighted by molar-refractivity contribution is -0.136. The number of H-pyrrole nitrogens is 1. The molecule has 0 radical (unpaired) electrons. The van der Waals surface area contributed by atoms with Gasteiger partial charge in [-0.25, -0.2) is 0 Å². The number of aliphatic hydroxyl groups is 1. The maximum Gasteiger partial charge on any atom is 0.307 e. The van der Waals surface area contributed by atoms with Crippen LogP contribution >= 0.6 is 0 Å². The Hall–Kier alpha value is -3.38. The molecule has 0 bridgehead atoms. The summed E-state index contributed by atoms with van der Waals surface area (Å²) in [6.07, 6.45) is 1.38. The Morgan fingerprint density at radius 3 is 2.19 bits per heavy atom. The topological polar surface area (TPSA) is 104 Å². The van der Waals surface area contributed by atoms with Gasteiger partial charge in [0, 0.05) is 5.39 Å². The highest BCUT2D eigenvalue weighted by Gasteiger charge is 2.22. The fourth-order valence-electron chi connectivity index (χ4n) is 3.85. The lowest BCUT2D eigenvalue weighted by Crippen LogP contribution is -2.11. The molecule has 0 aliphatic carbocycles. The van der Waals surface area contributed by atoms with E-state index in [0.29, 0.717) is 22.0 Å². The highest BCUT2D eigenvalue weighted by molar-refractivity contribution is 6.08. The van der Waals surface area contributed by atoms with Gasteiger partial charge in [0.2, 0.25) is 0 Å². The Kier molecular flexibility index (Phi) is 6.28. The molecule has 0 saturated heterocycles. The van der Waals surface area contributed by atoms with Crippen molar-refractivity contribution in [2.24, 2.45) is 0 Å². The minimum atomic E-state index is -0.911. The number of carboxylic acid groups (broad SMARTS) is 1. The zero-order chi connectivity index (χ0) is 23.8. The molecule has 2 aromatic heterocycles. The quantitative estimate of drug-likeness (QED) is 0.407. The molecular weight excluding hydrogens is 406 g/mol. The number of carbonyl (C=O) groups is 1. The van der Waals surface area contributed by atoms with Crippen molar-refractivity contribution >= 4 is 27.8 Å². The van der Waals surface area contributed by atoms with E-state index in [0.717, 1.165) is 33.2 Å². The molecule has 0 spiro atoms. The minimum Gasteiger partial charge on any atom is -0.481 e. The summed E-state index contributed by atoms with van der Waals surface area (Å²) in [5.74, 6) is -0.911. The normalized spacial score (nSPS) is 11.5. The highest BCUT2D eigenvalue weighted by atomic mass is 16.4. The Labute approximate surface area is 186 Å². The van der Waals surface area contributed by atoms with Crippen molar-refractivity contribution in [2.75, 3.05) is 0 Å². The van der Waals surface area contributed by atoms with Crippen LogP contribution in [0.4, 0.5) is 0 Å². The minimum absolute atomic E-state index is 0.121. The Balaban J connectivity index is 0.000000523. The first-order valence-corrected chi connectivity index (χ1v) is 10.4. The molecule has 4 rings (SSSR count). The maximum absolute atomic E-state index is 12.4. The molecule has 168 valence electrons. The van der Waals surface area contributed by atoms with Crippen molar-refractivity contribution in [3.05, 3.63) is 69.2 Å². The standard InChI is InChI=1S/C22H19NO4.C4H10O/c1-11-4-6-14(7-5-11)18-13(3)19-20(12(2)16(18)10-17(24)25)23-22(26)15-8-9-27-21(15)19;1-4(2,3)5/h4-9H,10H2,1-3H3,(H,23,26)(H,24,25);5H,1-3H3. The fourth-order valence-corrected chi connectivity index (χ4v) is 3.85. The predicted octanol–water partition coefficient (Wildman–Crippen LogP) is 5.27. The number of hydrogen-bond donors (Lipinski definition) is 3. The first kappa shape index (κ1) is 23.3. The molecule has 0 atom stereocenters. The summed E-state index contributed by atoms with van der Waals surface area (Å²) in [5, 5.41) is 19.3. The molecule has 6 heteroatoms. The number of aromatic amines is 1. The molecule has 0 aliphatic heterocycles. The van der Waals surface area contributed by atoms with E-state index in [1.54, 1.807) is 26.8 Å². The summed E-state index contributed by atoms with van der Waals surface area (Å²) in [4.78, 5) is 26.9. The largest absolute Gasteiger partial charge is 0.481 e. The van der Waals surface area contributed by atoms with Gasteiger partial charge in [0.1, 0.15) is 5.58 Å². The number of fused-ring (bicyclic) bond motifs is 3. The van der Waals surface area contributed by atoms with E-state index in [1.165, 1.54) is 6.26 Å². The summed E-state index contributed by atoms with van der Waals surface area (Å²) in [6, 6.07) is 9.67. The average Bonchev–Trinajstić information content (AvgIpc) is 3.16. The molecule has 2 aromatic carbocycles. The van der Waals surface area contributed by atoms with E-state index in [4.69, 9.17) is 9.52 Å². The predicted molar refractivity (Wildman–Crippen MR) is 127 cm³/mol. The van der Waals surface area contributed by atoms with Gasteiger partial charge in [0.25, 0.3) is 5.56 Å². The van der Waals surface area contributed by atoms with Crippen LogP contribution in [0, 0.1) is 20.8 Å². The molecule has 6 nitrogen and oxygen atoms in total. The molecule has 0 amide bonds. The second kappa shape index (κ2) is 8.63. The molecule has 3 N–H and O–H groups in total. The van der Waals surface area contributed by atoms with E-state index in [2.05, 4.69) is 4.98 Å². The smallest absolute Gasteiger partial charge is 0.307 e. The van der Waals surface area contributed by atoms with E-state index in [1.807, 2.05) is 45.0 Å². The zero-order valence-electron chi connectivity index (χ0n) is 19.3. The molecule has 32 heavy (non-hydrogen) atoms. The van der Waals surface area contributed by atoms with Gasteiger partial charge in [-0.05, 0) is 75.4 Å². The van der Waals surface area contributed by atoms with Crippen LogP contribution in [0.2, 0.25) is 0 Å². The molecule has 2 heterocycles. The van der Waals surface area contributed by atoms with Crippen LogP contribution in [-0.2, 0) is 11.2 Å². The third-order valence-electron chi connectivity index (χ3n) is 5.17. The third-order valence-corrected chi connectivity index (χ3v) is 5.17. The number of rotatable bonds is 3. The molecule has 0 fully saturated rings. The lowest BCUT2D eigenvalue weighted by Gasteiger charge is -2.19. The van der Waals surface area contributed by atoms with E-state index < -0.39 is 11.6 Å². The van der Waals surface area contributed by atoms with Gasteiger partial charge < -0.3 is 19.6 Å². The third kappa shape index (κ3) is 4.75. The lowest BCUT2D eigenvalue weighted by atomic mass is 9.86. The van der Waals surface area contributed by atoms with Gasteiger partial charge in [-0.15, -0.1) is 0 Å². The summed E-state index contributed by atoms with van der Waals surface area (Å²) >= 11 is 0. The van der Waals surface area contributed by atoms with Gasteiger partial charge >= 0.3 is 5.97 Å². The van der Waals surface area contributed by atoms with Gasteiger partial charge in [-0.3, -0.25) is 9.59 Å². The number of nitrogens with one attached hydrogen (secondary N) is 1. The number of aliphatic carboxylic acids is 1. The first-order valence-electron chi connectivity index (χ1n) is 10.4. The molecule has 0 unspecified atom stereocenters. The highest BCUT2D eigenvalue weighted by Crippen LogP contribution is 2.38. The number of benzene rings is 2. The van der Waals surface area contributed by atoms with E-state index in [-0.39, 0.29) is 12.0 Å². The zero-order valence-corrected chi connectivity index (χ0v) is 19.3. The second-order valence-corrected chi connectivity index (χ2v) is 9.08. The average molecular weight is 436 g/mol. The molecular formula is C26H29NO5. The van der Waals surface area contributed by atoms with Crippen molar-refractivity contribution in [2.45, 2.75) is 53.6 Å². The van der Waals surface area contributed by atoms with Crippen LogP contribution in [0.15, 0.2) is 45.8 Å². The first-order chi connectivity index (χ1) is 14.9. The van der Waals surface area contributed by atoms with Crippen molar-refractivity contribution in [3.63, 3.8) is 0 Å². The summed E-state index contributed by atoms with van der Waals surface area (Å²) in [7, 11) is 0. The maximum atomic E-state index is 12.4. The molecule has 0 aliphatic rings. The number of aryl methyl sites for hydroxylation is 3. The van der Waals surface area contributed by atoms with Crippen LogP contribution < -0.4 is 5.56 Å². The molecule has 0 saturated carbocycles. The molecule has 4 aromatic rings. The number of aromatic nitrogens is 1. The van der Waals surface area contributed by atoms with E-state index >= 15 is 0 Å². The van der Waals surface area contributed by atoms with Crippen LogP contribution in [0.25, 0.3) is 33.0 Å². The number of furan rings is 1. The summed E-state index contributed by atoms with van der Waals surface area (Å²) in [5.41, 5.74) is 5.74. The van der Waals surface area contributed by atoms with Crippen LogP contribution in [0.5, 0.6) is 0 Å². The Bertz CT molecular complexity index is 1350. The van der Waals surface area contributed by atoms with Crippen LogP contribution in [0.3, 0.4) is 0 Å². The number of pyridine rings is 1. The van der Waals surface area contributed by atoms with Crippen molar-refractivity contribution in [3.8, 4) is 11.1 Å². The van der Waals surface area contributed by atoms with Gasteiger partial charge in [-0.2, -0.15) is 0 Å². The number of carboxylic acids is 1. The summed E-state index contributed by atoms with van der Waals surface area (Å²) < 4.78 is 5.64. The summed E-state index contributed by atoms with van der Waals surface area (Å²) in [6.45, 7) is 11.0. The van der Waals surface area contributed by atoms with Crippen molar-refractivity contribution in [1.82, 2.24) is 4.98 Å². The van der Waals surface area contributed by atoms with E-state index in [9.17, 15) is 14.7 Å². The van der Waals surface area contributed by atoms with Gasteiger partial charge in [0.05, 0.1) is 29.2 Å². The Morgan fingerprint density at radius 2 is 1.62 bits per heavy atom. The fraction of sp³-hybridized carbons (Fsp3) is 0.308. The van der Waals surface area contributed by atoms with Crippen LogP contribution in [-0.4, -0.2) is 26.8 Å². The van der Waals surface area contributed by atoms with Crippen molar-refractivity contribution < 1.29 is 19.4 Å². The SMILES string of the molecule is CC(C)(C)O.Cc1ccc(-c2c(CC(=O)O)c(C)c3[nH]c(=O)c4ccoc4c3c2C)cc1. The number of hydrogen-bond acceptors (Lipinski definition) is 4. The monoisotopic (exact) mass is 435 g/mol. The van der Waals surface area contributed by atoms with Gasteiger partial charge in [-0.1, -0.05) is 29.8 Å². The Morgan fingerprint density at radius 1 is 1.03 bits per heavy atom. The van der Waals surface area contributed by atoms with Crippen molar-refractivity contribution in [1.29, 1.82) is 0 Å². The van der Waals surface area contributed by atoms with Gasteiger partial charge in [0.15, 0.2) is 0 Å².